The minimum absolute atomic E-state index is 0.0869. The van der Waals surface area contributed by atoms with E-state index in [1.54, 1.807) is 12.1 Å². The second-order valence-corrected chi connectivity index (χ2v) is 7.38. The molecule has 1 heterocycles. The van der Waals surface area contributed by atoms with Crippen LogP contribution in [0.25, 0.3) is 54.6 Å². The van der Waals surface area contributed by atoms with E-state index in [9.17, 15) is 10.1 Å². The van der Waals surface area contributed by atoms with Crippen molar-refractivity contribution in [1.29, 1.82) is 0 Å². The molecule has 0 aliphatic carbocycles. The van der Waals surface area contributed by atoms with Crippen molar-refractivity contribution in [2.75, 3.05) is 0 Å². The Morgan fingerprint density at radius 1 is 0.667 bits per heavy atom. The number of furan rings is 1. The first kappa shape index (κ1) is 16.7. The number of nitro groups is 1. The van der Waals surface area contributed by atoms with E-state index < -0.39 is 0 Å². The number of hydrogen-bond acceptors (Lipinski definition) is 3. The van der Waals surface area contributed by atoms with Gasteiger partial charge in [-0.3, -0.25) is 10.1 Å². The topological polar surface area (TPSA) is 56.3 Å². The lowest BCUT2D eigenvalue weighted by Crippen LogP contribution is -1.91. The molecule has 0 bridgehead atoms. The summed E-state index contributed by atoms with van der Waals surface area (Å²) in [7, 11) is 0. The minimum Gasteiger partial charge on any atom is -0.455 e. The largest absolute Gasteiger partial charge is 0.455 e. The number of nitrogens with zero attached hydrogens (tertiary/aromatic N) is 1. The zero-order chi connectivity index (χ0) is 20.2. The van der Waals surface area contributed by atoms with Crippen LogP contribution in [0, 0.1) is 10.1 Å². The lowest BCUT2D eigenvalue weighted by Gasteiger charge is -2.06. The Morgan fingerprint density at radius 2 is 1.30 bits per heavy atom. The standard InChI is InChI=1S/C26H15NO3/c28-27(29)23-12-6-5-7-17(23)16-13-14-22-24(15-16)30-26-21-11-4-2-9-19(21)18-8-1-3-10-20(18)25(22)26/h1-15H. The molecule has 0 fully saturated rings. The van der Waals surface area contributed by atoms with Crippen LogP contribution in [0.5, 0.6) is 0 Å². The van der Waals surface area contributed by atoms with E-state index in [0.717, 1.165) is 43.7 Å². The predicted octanol–water partition coefficient (Wildman–Crippen LogP) is 7.47. The van der Waals surface area contributed by atoms with Gasteiger partial charge >= 0.3 is 0 Å². The fourth-order valence-electron chi connectivity index (χ4n) is 4.45. The Kier molecular flexibility index (Phi) is 3.44. The maximum absolute atomic E-state index is 11.5. The number of rotatable bonds is 2. The molecular weight excluding hydrogens is 374 g/mol. The first-order valence-corrected chi connectivity index (χ1v) is 9.72. The van der Waals surface area contributed by atoms with E-state index >= 15 is 0 Å². The lowest BCUT2D eigenvalue weighted by atomic mass is 9.96. The third-order valence-corrected chi connectivity index (χ3v) is 5.76. The van der Waals surface area contributed by atoms with Gasteiger partial charge in [0.1, 0.15) is 11.2 Å². The lowest BCUT2D eigenvalue weighted by molar-refractivity contribution is -0.384. The van der Waals surface area contributed by atoms with E-state index in [0.29, 0.717) is 5.56 Å². The number of nitro benzene ring substituents is 1. The van der Waals surface area contributed by atoms with Gasteiger partial charge in [-0.1, -0.05) is 66.7 Å². The summed E-state index contributed by atoms with van der Waals surface area (Å²) in [6.45, 7) is 0. The third-order valence-electron chi connectivity index (χ3n) is 5.76. The maximum Gasteiger partial charge on any atom is 0.277 e. The monoisotopic (exact) mass is 389 g/mol. The summed E-state index contributed by atoms with van der Waals surface area (Å²) in [5.41, 5.74) is 3.01. The zero-order valence-corrected chi connectivity index (χ0v) is 15.8. The fourth-order valence-corrected chi connectivity index (χ4v) is 4.45. The molecule has 4 heteroatoms. The van der Waals surface area contributed by atoms with E-state index in [1.807, 2.05) is 42.5 Å². The molecule has 6 rings (SSSR count). The molecule has 1 aromatic heterocycles. The number of para-hydroxylation sites is 1. The van der Waals surface area contributed by atoms with E-state index in [1.165, 1.54) is 11.5 Å². The number of fused-ring (bicyclic) bond motifs is 8. The van der Waals surface area contributed by atoms with Crippen LogP contribution < -0.4 is 0 Å². The Bertz CT molecular complexity index is 1630. The highest BCUT2D eigenvalue weighted by molar-refractivity contribution is 6.30. The van der Waals surface area contributed by atoms with Crippen LogP contribution in [-0.2, 0) is 0 Å². The Balaban J connectivity index is 1.74. The van der Waals surface area contributed by atoms with Crippen molar-refractivity contribution < 1.29 is 9.34 Å². The van der Waals surface area contributed by atoms with Gasteiger partial charge in [0.05, 0.1) is 10.5 Å². The highest BCUT2D eigenvalue weighted by Gasteiger charge is 2.18. The Morgan fingerprint density at radius 3 is 2.07 bits per heavy atom. The first-order valence-electron chi connectivity index (χ1n) is 9.72. The van der Waals surface area contributed by atoms with Crippen molar-refractivity contribution >= 4 is 49.2 Å². The summed E-state index contributed by atoms with van der Waals surface area (Å²) in [5, 5.41) is 18.1. The summed E-state index contributed by atoms with van der Waals surface area (Å²) in [4.78, 5) is 11.1. The summed E-state index contributed by atoms with van der Waals surface area (Å²) in [5.74, 6) is 0. The molecular formula is C26H15NO3. The molecule has 0 atom stereocenters. The molecule has 6 aromatic rings. The second-order valence-electron chi connectivity index (χ2n) is 7.38. The van der Waals surface area contributed by atoms with Gasteiger partial charge in [-0.15, -0.1) is 0 Å². The van der Waals surface area contributed by atoms with Crippen LogP contribution >= 0.6 is 0 Å². The van der Waals surface area contributed by atoms with Gasteiger partial charge in [-0.2, -0.15) is 0 Å². The van der Waals surface area contributed by atoms with E-state index in [2.05, 4.69) is 30.3 Å². The van der Waals surface area contributed by atoms with Crippen molar-refractivity contribution in [1.82, 2.24) is 0 Å². The molecule has 4 nitrogen and oxygen atoms in total. The van der Waals surface area contributed by atoms with Gasteiger partial charge in [-0.05, 0) is 39.9 Å². The highest BCUT2D eigenvalue weighted by Crippen LogP contribution is 2.42. The van der Waals surface area contributed by atoms with E-state index in [-0.39, 0.29) is 10.6 Å². The molecule has 0 aliphatic heterocycles. The van der Waals surface area contributed by atoms with E-state index in [4.69, 9.17) is 4.42 Å². The normalized spacial score (nSPS) is 11.6. The molecule has 0 spiro atoms. The molecule has 30 heavy (non-hydrogen) atoms. The van der Waals surface area contributed by atoms with Crippen molar-refractivity contribution in [2.45, 2.75) is 0 Å². The molecule has 0 unspecified atom stereocenters. The average molecular weight is 389 g/mol. The van der Waals surface area contributed by atoms with Crippen molar-refractivity contribution in [3.63, 3.8) is 0 Å². The number of hydrogen-bond donors (Lipinski definition) is 0. The highest BCUT2D eigenvalue weighted by atomic mass is 16.6. The molecule has 0 saturated heterocycles. The van der Waals surface area contributed by atoms with Crippen molar-refractivity contribution in [2.24, 2.45) is 0 Å². The molecule has 142 valence electrons. The molecule has 0 radical (unpaired) electrons. The SMILES string of the molecule is O=[N+]([O-])c1ccccc1-c1ccc2c(c1)oc1c3ccccc3c3ccccc3c21. The molecule has 0 saturated carbocycles. The molecule has 5 aromatic carbocycles. The van der Waals surface area contributed by atoms with Crippen LogP contribution in [0.3, 0.4) is 0 Å². The van der Waals surface area contributed by atoms with Crippen molar-refractivity contribution in [3.05, 3.63) is 101 Å². The van der Waals surface area contributed by atoms with Gasteiger partial charge in [0.2, 0.25) is 0 Å². The van der Waals surface area contributed by atoms with Gasteiger partial charge in [0.25, 0.3) is 5.69 Å². The molecule has 0 aliphatic rings. The second kappa shape index (κ2) is 6.16. The third kappa shape index (κ3) is 2.28. The summed E-state index contributed by atoms with van der Waals surface area (Å²) >= 11 is 0. The number of benzene rings is 5. The zero-order valence-electron chi connectivity index (χ0n) is 15.8. The van der Waals surface area contributed by atoms with Crippen molar-refractivity contribution in [3.8, 4) is 11.1 Å². The van der Waals surface area contributed by atoms with Crippen LogP contribution in [-0.4, -0.2) is 4.92 Å². The quantitative estimate of drug-likeness (QED) is 0.175. The smallest absolute Gasteiger partial charge is 0.277 e. The summed E-state index contributed by atoms with van der Waals surface area (Å²) < 4.78 is 6.37. The molecule has 0 N–H and O–H groups in total. The van der Waals surface area contributed by atoms with Gasteiger partial charge in [0, 0.05) is 22.2 Å². The van der Waals surface area contributed by atoms with Gasteiger partial charge < -0.3 is 4.42 Å². The fraction of sp³-hybridized carbons (Fsp3) is 0. The summed E-state index contributed by atoms with van der Waals surface area (Å²) in [6, 6.07) is 29.2. The van der Waals surface area contributed by atoms with Gasteiger partial charge in [-0.25, -0.2) is 0 Å². The minimum atomic E-state index is -0.348. The average Bonchev–Trinajstić information content (AvgIpc) is 3.18. The van der Waals surface area contributed by atoms with Crippen LogP contribution in [0.15, 0.2) is 95.4 Å². The van der Waals surface area contributed by atoms with Gasteiger partial charge in [0.15, 0.2) is 0 Å². The van der Waals surface area contributed by atoms with Crippen LogP contribution in [0.4, 0.5) is 5.69 Å². The van der Waals surface area contributed by atoms with Crippen LogP contribution in [0.1, 0.15) is 0 Å². The first-order chi connectivity index (χ1) is 14.7. The Hall–Kier alpha value is -4.18. The predicted molar refractivity (Wildman–Crippen MR) is 121 cm³/mol. The molecule has 0 amide bonds. The Labute approximate surface area is 171 Å². The van der Waals surface area contributed by atoms with Crippen LogP contribution in [0.2, 0.25) is 0 Å². The summed E-state index contributed by atoms with van der Waals surface area (Å²) in [6.07, 6.45) is 0. The maximum atomic E-state index is 11.5.